The number of esters is 1. The van der Waals surface area contributed by atoms with E-state index < -0.39 is 77.6 Å². The highest BCUT2D eigenvalue weighted by Crippen LogP contribution is 2.23. The quantitative estimate of drug-likeness (QED) is 0.0685. The number of hydrogen-bond acceptors (Lipinski definition) is 13. The Morgan fingerprint density at radius 1 is 0.837 bits per heavy atom. The minimum absolute atomic E-state index is 0.0415. The standard InChI is InChI=1S/C32H43N5O11S/c1-18(39)48-16-23(36-29(45)25(33)19-4-8-21(40)9-5-19)28(44)37-26(20-6-10-22(41)11-7-20)31(47)49-15-14-34-24(42)12-13-35-30(46)27(43)32(2,3)17-38/h4-11,23,25-27,38,40-41,43H,12-17,33H2,1-3H3,(H,34,42)(H,35,46)(H,36,45)(H,37,44)/t23-,25+,26+,27-/m0/s1. The lowest BCUT2D eigenvalue weighted by molar-refractivity contribution is -0.144. The van der Waals surface area contributed by atoms with Crippen molar-refractivity contribution in [2.45, 2.75) is 51.4 Å². The van der Waals surface area contributed by atoms with Gasteiger partial charge in [-0.05, 0) is 35.4 Å². The lowest BCUT2D eigenvalue weighted by Gasteiger charge is -2.27. The van der Waals surface area contributed by atoms with E-state index in [1.165, 1.54) is 62.4 Å². The Morgan fingerprint density at radius 2 is 1.41 bits per heavy atom. The maximum absolute atomic E-state index is 13.4. The molecule has 17 heteroatoms. The van der Waals surface area contributed by atoms with Gasteiger partial charge in [0.2, 0.25) is 28.7 Å². The SMILES string of the molecule is CC(=O)OC[C@H](NC(=O)[C@H](N)c1ccc(O)cc1)C(=O)N[C@@H](C(=O)SCCNC(=O)CCNC(=O)[C@H](O)C(C)(C)CO)c1ccc(O)cc1. The van der Waals surface area contributed by atoms with Crippen LogP contribution in [0.5, 0.6) is 11.5 Å². The van der Waals surface area contributed by atoms with Crippen LogP contribution in [-0.4, -0.2) is 99.3 Å². The molecule has 0 saturated carbocycles. The molecule has 0 aromatic heterocycles. The van der Waals surface area contributed by atoms with Crippen LogP contribution >= 0.6 is 11.8 Å². The minimum Gasteiger partial charge on any atom is -0.508 e. The van der Waals surface area contributed by atoms with E-state index in [1.807, 2.05) is 0 Å². The Kier molecular flexibility index (Phi) is 16.0. The van der Waals surface area contributed by atoms with E-state index in [2.05, 4.69) is 21.3 Å². The van der Waals surface area contributed by atoms with Gasteiger partial charge in [-0.25, -0.2) is 0 Å². The van der Waals surface area contributed by atoms with Gasteiger partial charge in [-0.2, -0.15) is 0 Å². The highest BCUT2D eigenvalue weighted by Gasteiger charge is 2.33. The van der Waals surface area contributed by atoms with Gasteiger partial charge in [0.15, 0.2) is 0 Å². The molecule has 16 nitrogen and oxygen atoms in total. The van der Waals surface area contributed by atoms with Gasteiger partial charge in [-0.3, -0.25) is 28.8 Å². The summed E-state index contributed by atoms with van der Waals surface area (Å²) < 4.78 is 4.97. The molecule has 4 amide bonds. The predicted molar refractivity (Wildman–Crippen MR) is 178 cm³/mol. The second kappa shape index (κ2) is 19.3. The molecule has 4 atom stereocenters. The van der Waals surface area contributed by atoms with Crippen LogP contribution in [0.2, 0.25) is 0 Å². The van der Waals surface area contributed by atoms with E-state index >= 15 is 0 Å². The maximum Gasteiger partial charge on any atom is 0.302 e. The number of carbonyl (C=O) groups is 6. The molecule has 0 unspecified atom stereocenters. The number of aliphatic hydroxyl groups is 2. The van der Waals surface area contributed by atoms with Gasteiger partial charge >= 0.3 is 5.97 Å². The van der Waals surface area contributed by atoms with Crippen LogP contribution in [0, 0.1) is 5.41 Å². The number of benzene rings is 2. The molecule has 49 heavy (non-hydrogen) atoms. The number of phenols is 2. The smallest absolute Gasteiger partial charge is 0.302 e. The molecule has 2 rings (SSSR count). The van der Waals surface area contributed by atoms with Crippen molar-refractivity contribution in [3.8, 4) is 11.5 Å². The van der Waals surface area contributed by atoms with Crippen molar-refractivity contribution in [3.63, 3.8) is 0 Å². The monoisotopic (exact) mass is 705 g/mol. The summed E-state index contributed by atoms with van der Waals surface area (Å²) >= 11 is 0.782. The largest absolute Gasteiger partial charge is 0.508 e. The summed E-state index contributed by atoms with van der Waals surface area (Å²) in [5, 5.41) is 48.0. The van der Waals surface area contributed by atoms with E-state index in [4.69, 9.17) is 10.5 Å². The van der Waals surface area contributed by atoms with Crippen molar-refractivity contribution in [2.24, 2.45) is 11.1 Å². The zero-order chi connectivity index (χ0) is 36.7. The number of carbonyl (C=O) groups excluding carboxylic acids is 6. The lowest BCUT2D eigenvalue weighted by Crippen LogP contribution is -2.53. The van der Waals surface area contributed by atoms with Crippen LogP contribution < -0.4 is 27.0 Å². The van der Waals surface area contributed by atoms with Crippen LogP contribution in [0.25, 0.3) is 0 Å². The summed E-state index contributed by atoms with van der Waals surface area (Å²) in [6.45, 7) is 3.10. The number of nitrogens with one attached hydrogen (secondary N) is 4. The fraction of sp³-hybridized carbons (Fsp3) is 0.438. The molecule has 2 aromatic carbocycles. The maximum atomic E-state index is 13.4. The van der Waals surface area contributed by atoms with Gasteiger partial charge in [0.1, 0.15) is 42.3 Å². The van der Waals surface area contributed by atoms with Crippen LogP contribution in [0.4, 0.5) is 0 Å². The summed E-state index contributed by atoms with van der Waals surface area (Å²) in [6, 6.07) is 6.93. The number of thioether (sulfide) groups is 1. The van der Waals surface area contributed by atoms with Crippen LogP contribution in [0.15, 0.2) is 48.5 Å². The van der Waals surface area contributed by atoms with E-state index in [0.717, 1.165) is 18.7 Å². The van der Waals surface area contributed by atoms with Crippen molar-refractivity contribution in [1.29, 1.82) is 0 Å². The molecule has 0 saturated heterocycles. The number of nitrogens with two attached hydrogens (primary N) is 1. The minimum atomic E-state index is -1.47. The Morgan fingerprint density at radius 3 is 1.96 bits per heavy atom. The number of rotatable bonds is 18. The first-order chi connectivity index (χ1) is 23.0. The average molecular weight is 706 g/mol. The molecule has 0 fully saturated rings. The molecule has 0 heterocycles. The molecular weight excluding hydrogens is 662 g/mol. The van der Waals surface area contributed by atoms with Crippen LogP contribution in [0.1, 0.15) is 50.4 Å². The van der Waals surface area contributed by atoms with Gasteiger partial charge in [0.25, 0.3) is 0 Å². The first-order valence-corrected chi connectivity index (χ1v) is 16.1. The zero-order valence-electron chi connectivity index (χ0n) is 27.3. The molecular formula is C32H43N5O11S. The Labute approximate surface area is 287 Å². The normalized spacial score (nSPS) is 13.6. The molecule has 0 aliphatic rings. The second-order valence-corrected chi connectivity index (χ2v) is 12.7. The fourth-order valence-electron chi connectivity index (χ4n) is 4.02. The summed E-state index contributed by atoms with van der Waals surface area (Å²) in [7, 11) is 0. The van der Waals surface area contributed by atoms with Crippen molar-refractivity contribution in [1.82, 2.24) is 21.3 Å². The number of aromatic hydroxyl groups is 2. The van der Waals surface area contributed by atoms with Crippen molar-refractivity contribution in [2.75, 3.05) is 32.1 Å². The lowest BCUT2D eigenvalue weighted by atomic mass is 9.87. The molecule has 268 valence electrons. The van der Waals surface area contributed by atoms with Crippen molar-refractivity contribution >= 4 is 46.5 Å². The second-order valence-electron chi connectivity index (χ2n) is 11.6. The summed E-state index contributed by atoms with van der Waals surface area (Å²) in [4.78, 5) is 75.5. The molecule has 0 bridgehead atoms. The first-order valence-electron chi connectivity index (χ1n) is 15.1. The molecule has 10 N–H and O–H groups in total. The summed E-state index contributed by atoms with van der Waals surface area (Å²) in [5.41, 5.74) is 5.58. The van der Waals surface area contributed by atoms with Crippen LogP contribution in [-0.2, 0) is 33.5 Å². The molecule has 0 aliphatic heterocycles. The predicted octanol–water partition coefficient (Wildman–Crippen LogP) is -0.735. The van der Waals surface area contributed by atoms with Gasteiger partial charge in [-0.1, -0.05) is 49.9 Å². The van der Waals surface area contributed by atoms with Gasteiger partial charge in [0, 0.05) is 37.6 Å². The van der Waals surface area contributed by atoms with E-state index in [1.54, 1.807) is 0 Å². The number of phenolic OH excluding ortho intramolecular Hbond substituents is 2. The molecule has 0 aliphatic carbocycles. The summed E-state index contributed by atoms with van der Waals surface area (Å²) in [5.74, 6) is -3.65. The molecule has 2 aromatic rings. The van der Waals surface area contributed by atoms with E-state index in [9.17, 15) is 49.2 Å². The number of ether oxygens (including phenoxy) is 1. The first kappa shape index (κ1) is 40.5. The molecule has 0 radical (unpaired) electrons. The highest BCUT2D eigenvalue weighted by atomic mass is 32.2. The topological polar surface area (TPSA) is 267 Å². The van der Waals surface area contributed by atoms with Crippen molar-refractivity contribution < 1.29 is 53.9 Å². The third-order valence-corrected chi connectivity index (χ3v) is 8.01. The Hall–Kier alpha value is -4.71. The van der Waals surface area contributed by atoms with Gasteiger partial charge in [0.05, 0.1) is 6.61 Å². The van der Waals surface area contributed by atoms with Crippen LogP contribution in [0.3, 0.4) is 0 Å². The number of aliphatic hydroxyl groups excluding tert-OH is 2. The third kappa shape index (κ3) is 13.4. The summed E-state index contributed by atoms with van der Waals surface area (Å²) in [6.07, 6.45) is -1.59. The van der Waals surface area contributed by atoms with E-state index in [-0.39, 0.29) is 42.3 Å². The van der Waals surface area contributed by atoms with Crippen molar-refractivity contribution in [3.05, 3.63) is 59.7 Å². The average Bonchev–Trinajstić information content (AvgIpc) is 3.07. The third-order valence-electron chi connectivity index (χ3n) is 7.09. The highest BCUT2D eigenvalue weighted by molar-refractivity contribution is 8.13. The zero-order valence-corrected chi connectivity index (χ0v) is 28.1. The van der Waals surface area contributed by atoms with Gasteiger partial charge in [-0.15, -0.1) is 0 Å². The van der Waals surface area contributed by atoms with Gasteiger partial charge < -0.3 is 52.2 Å². The fourth-order valence-corrected chi connectivity index (χ4v) is 4.78. The molecule has 0 spiro atoms. The van der Waals surface area contributed by atoms with E-state index in [0.29, 0.717) is 5.56 Å². The Balaban J connectivity index is 2.03. The number of hydrogen-bond donors (Lipinski definition) is 9. The number of amides is 4. The Bertz CT molecular complexity index is 1450.